The molecule has 0 aliphatic heterocycles. The summed E-state index contributed by atoms with van der Waals surface area (Å²) in [5.41, 5.74) is 0.364. The molecule has 4 aliphatic carbocycles. The minimum Gasteiger partial charge on any atom is -0.347 e. The molecule has 1 aromatic heterocycles. The summed E-state index contributed by atoms with van der Waals surface area (Å²) in [6, 6.07) is 0.341. The summed E-state index contributed by atoms with van der Waals surface area (Å²) < 4.78 is 1.59. The number of carbonyl (C=O) groups is 1. The largest absolute Gasteiger partial charge is 0.347 e. The number of amides is 1. The monoisotopic (exact) mass is 293 g/mol. The summed E-state index contributed by atoms with van der Waals surface area (Å²) in [5, 5.41) is 7.84. The maximum absolute atomic E-state index is 12.4. The van der Waals surface area contributed by atoms with Crippen LogP contribution in [0.15, 0.2) is 6.20 Å². The van der Waals surface area contributed by atoms with Gasteiger partial charge in [-0.15, -0.1) is 0 Å². The van der Waals surface area contributed by atoms with Crippen molar-refractivity contribution >= 4 is 17.5 Å². The third-order valence-corrected chi connectivity index (χ3v) is 5.80. The Morgan fingerprint density at radius 1 is 1.25 bits per heavy atom. The zero-order valence-electron chi connectivity index (χ0n) is 11.7. The second-order valence-electron chi connectivity index (χ2n) is 6.93. The Kier molecular flexibility index (Phi) is 2.85. The number of halogens is 1. The van der Waals surface area contributed by atoms with Gasteiger partial charge in [-0.25, -0.2) is 0 Å². The number of carbonyl (C=O) groups excluding carboxylic acids is 1. The smallest absolute Gasteiger partial charge is 0.273 e. The standard InChI is InChI=1S/C15H20ClN3O/c1-19-7-12(16)14(18-19)15(20)17-13-10-3-8-2-9(5-10)6-11(13)4-8/h7-11,13H,2-6H2,1H3,(H,17,20). The fraction of sp³-hybridized carbons (Fsp3) is 0.733. The maximum Gasteiger partial charge on any atom is 0.273 e. The van der Waals surface area contributed by atoms with Gasteiger partial charge in [0.15, 0.2) is 5.69 Å². The predicted molar refractivity (Wildman–Crippen MR) is 76.5 cm³/mol. The van der Waals surface area contributed by atoms with Gasteiger partial charge in [0.1, 0.15) is 0 Å². The van der Waals surface area contributed by atoms with Crippen LogP contribution < -0.4 is 5.32 Å². The molecule has 5 rings (SSSR count). The molecule has 4 nitrogen and oxygen atoms in total. The van der Waals surface area contributed by atoms with Crippen molar-refractivity contribution in [1.29, 1.82) is 0 Å². The van der Waals surface area contributed by atoms with Gasteiger partial charge in [-0.3, -0.25) is 9.48 Å². The van der Waals surface area contributed by atoms with Crippen molar-refractivity contribution in [2.24, 2.45) is 30.7 Å². The maximum atomic E-state index is 12.4. The van der Waals surface area contributed by atoms with Gasteiger partial charge in [0.25, 0.3) is 5.91 Å². The average molecular weight is 294 g/mol. The van der Waals surface area contributed by atoms with Gasteiger partial charge >= 0.3 is 0 Å². The zero-order chi connectivity index (χ0) is 13.9. The van der Waals surface area contributed by atoms with E-state index in [9.17, 15) is 4.79 Å². The highest BCUT2D eigenvalue weighted by molar-refractivity contribution is 6.33. The van der Waals surface area contributed by atoms with Crippen LogP contribution in [0.4, 0.5) is 0 Å². The van der Waals surface area contributed by atoms with Gasteiger partial charge in [0, 0.05) is 19.3 Å². The van der Waals surface area contributed by atoms with E-state index >= 15 is 0 Å². The predicted octanol–water partition coefficient (Wildman–Crippen LogP) is 2.63. The minimum atomic E-state index is -0.104. The lowest BCUT2D eigenvalue weighted by Crippen LogP contribution is -2.55. The lowest BCUT2D eigenvalue weighted by Gasteiger charge is -2.54. The molecule has 0 unspecified atom stereocenters. The lowest BCUT2D eigenvalue weighted by molar-refractivity contribution is -0.0120. The van der Waals surface area contributed by atoms with Gasteiger partial charge in [0.2, 0.25) is 0 Å². The molecule has 1 N–H and O–H groups in total. The summed E-state index contributed by atoms with van der Waals surface area (Å²) in [7, 11) is 1.78. The van der Waals surface area contributed by atoms with E-state index in [4.69, 9.17) is 11.6 Å². The van der Waals surface area contributed by atoms with Crippen molar-refractivity contribution in [3.8, 4) is 0 Å². The molecule has 1 heterocycles. The Morgan fingerprint density at radius 2 is 1.85 bits per heavy atom. The number of aromatic nitrogens is 2. The Hall–Kier alpha value is -1.03. The van der Waals surface area contributed by atoms with Crippen LogP contribution in [-0.2, 0) is 7.05 Å². The van der Waals surface area contributed by atoms with E-state index in [2.05, 4.69) is 10.4 Å². The van der Waals surface area contributed by atoms with E-state index in [1.807, 2.05) is 0 Å². The van der Waals surface area contributed by atoms with Crippen molar-refractivity contribution < 1.29 is 4.79 Å². The average Bonchev–Trinajstić information content (AvgIpc) is 2.72. The highest BCUT2D eigenvalue weighted by Gasteiger charge is 2.48. The molecule has 4 bridgehead atoms. The van der Waals surface area contributed by atoms with Gasteiger partial charge in [0.05, 0.1) is 5.02 Å². The molecule has 0 spiro atoms. The first-order valence-electron chi connectivity index (χ1n) is 7.60. The first-order valence-corrected chi connectivity index (χ1v) is 7.98. The second-order valence-corrected chi connectivity index (χ2v) is 7.34. The van der Waals surface area contributed by atoms with E-state index in [0.717, 1.165) is 11.8 Å². The SMILES string of the molecule is Cn1cc(Cl)c(C(=O)NC2C3CC4CC(C3)CC2C4)n1. The second kappa shape index (κ2) is 4.48. The van der Waals surface area contributed by atoms with Crippen LogP contribution in [0, 0.1) is 23.7 Å². The van der Waals surface area contributed by atoms with Crippen molar-refractivity contribution in [2.75, 3.05) is 0 Å². The zero-order valence-corrected chi connectivity index (χ0v) is 12.4. The molecular formula is C15H20ClN3O. The molecular weight excluding hydrogens is 274 g/mol. The number of rotatable bonds is 2. The molecule has 0 aromatic carbocycles. The highest BCUT2D eigenvalue weighted by atomic mass is 35.5. The normalized spacial score (nSPS) is 38.2. The molecule has 20 heavy (non-hydrogen) atoms. The van der Waals surface area contributed by atoms with Gasteiger partial charge in [-0.2, -0.15) is 5.10 Å². The Morgan fingerprint density at radius 3 is 2.35 bits per heavy atom. The summed E-state index contributed by atoms with van der Waals surface area (Å²) >= 11 is 6.06. The van der Waals surface area contributed by atoms with Crippen LogP contribution in [-0.4, -0.2) is 21.7 Å². The summed E-state index contributed by atoms with van der Waals surface area (Å²) in [6.07, 6.45) is 8.30. The Bertz CT molecular complexity index is 525. The number of nitrogens with zero attached hydrogens (tertiary/aromatic N) is 2. The summed E-state index contributed by atoms with van der Waals surface area (Å²) in [6.45, 7) is 0. The number of hydrogen-bond donors (Lipinski definition) is 1. The molecule has 5 heteroatoms. The molecule has 0 radical (unpaired) electrons. The molecule has 1 amide bonds. The van der Waals surface area contributed by atoms with Crippen LogP contribution in [0.1, 0.15) is 42.6 Å². The van der Waals surface area contributed by atoms with Gasteiger partial charge in [-0.05, 0) is 55.8 Å². The molecule has 4 fully saturated rings. The van der Waals surface area contributed by atoms with Crippen molar-refractivity contribution in [2.45, 2.75) is 38.1 Å². The molecule has 0 atom stereocenters. The van der Waals surface area contributed by atoms with Crippen molar-refractivity contribution in [3.63, 3.8) is 0 Å². The number of nitrogens with one attached hydrogen (secondary N) is 1. The molecule has 108 valence electrons. The summed E-state index contributed by atoms with van der Waals surface area (Å²) in [5.74, 6) is 3.09. The topological polar surface area (TPSA) is 46.9 Å². The first-order chi connectivity index (χ1) is 9.60. The van der Waals surface area contributed by atoms with E-state index in [1.165, 1.54) is 32.1 Å². The molecule has 1 aromatic rings. The first kappa shape index (κ1) is 12.7. The lowest BCUT2D eigenvalue weighted by atomic mass is 9.54. The summed E-state index contributed by atoms with van der Waals surface area (Å²) in [4.78, 5) is 12.4. The Balaban J connectivity index is 1.52. The van der Waals surface area contributed by atoms with E-state index < -0.39 is 0 Å². The molecule has 4 aliphatic rings. The van der Waals surface area contributed by atoms with Gasteiger partial charge < -0.3 is 5.32 Å². The van der Waals surface area contributed by atoms with E-state index in [-0.39, 0.29) is 5.91 Å². The van der Waals surface area contributed by atoms with Crippen LogP contribution in [0.3, 0.4) is 0 Å². The quantitative estimate of drug-likeness (QED) is 0.911. The van der Waals surface area contributed by atoms with E-state index in [1.54, 1.807) is 17.9 Å². The van der Waals surface area contributed by atoms with Gasteiger partial charge in [-0.1, -0.05) is 11.6 Å². The number of hydrogen-bond acceptors (Lipinski definition) is 2. The van der Waals surface area contributed by atoms with Crippen LogP contribution in [0.25, 0.3) is 0 Å². The van der Waals surface area contributed by atoms with Crippen LogP contribution >= 0.6 is 11.6 Å². The van der Waals surface area contributed by atoms with Crippen LogP contribution in [0.5, 0.6) is 0 Å². The minimum absolute atomic E-state index is 0.104. The Labute approximate surface area is 123 Å². The highest BCUT2D eigenvalue weighted by Crippen LogP contribution is 2.53. The fourth-order valence-electron chi connectivity index (χ4n) is 4.99. The number of aryl methyl sites for hydroxylation is 1. The molecule has 4 saturated carbocycles. The van der Waals surface area contributed by atoms with Crippen molar-refractivity contribution in [3.05, 3.63) is 16.9 Å². The third kappa shape index (κ3) is 1.96. The third-order valence-electron chi connectivity index (χ3n) is 5.52. The van der Waals surface area contributed by atoms with Crippen molar-refractivity contribution in [1.82, 2.24) is 15.1 Å². The van der Waals surface area contributed by atoms with Crippen LogP contribution in [0.2, 0.25) is 5.02 Å². The van der Waals surface area contributed by atoms with E-state index in [0.29, 0.717) is 28.6 Å². The molecule has 0 saturated heterocycles. The fourth-order valence-corrected chi connectivity index (χ4v) is 5.26.